The fourth-order valence-electron chi connectivity index (χ4n) is 1.87. The number of nitrogens with one attached hydrogen (secondary N) is 1. The summed E-state index contributed by atoms with van der Waals surface area (Å²) in [7, 11) is 0. The summed E-state index contributed by atoms with van der Waals surface area (Å²) in [5.74, 6) is -1.46. The van der Waals surface area contributed by atoms with Crippen LogP contribution in [0.25, 0.3) is 0 Å². The standard InChI is InChI=1S/C13H14BrFN2O3/c1-7-4-10(15)9(14)5-11(7)16-13(20)17(6-12(18)19)8-2-3-8/h4-5,8H,2-3,6H2,1H3,(H,16,20)(H,18,19). The van der Waals surface area contributed by atoms with Crippen molar-refractivity contribution in [3.05, 3.63) is 28.0 Å². The van der Waals surface area contributed by atoms with Crippen LogP contribution in [0.5, 0.6) is 0 Å². The van der Waals surface area contributed by atoms with E-state index in [1.54, 1.807) is 6.92 Å². The number of rotatable bonds is 4. The average Bonchev–Trinajstić information content (AvgIpc) is 3.16. The summed E-state index contributed by atoms with van der Waals surface area (Å²) in [4.78, 5) is 24.2. The Morgan fingerprint density at radius 3 is 2.70 bits per heavy atom. The second-order valence-electron chi connectivity index (χ2n) is 4.76. The van der Waals surface area contributed by atoms with Crippen LogP contribution >= 0.6 is 15.9 Å². The van der Waals surface area contributed by atoms with Crippen molar-refractivity contribution < 1.29 is 19.1 Å². The third-order valence-corrected chi connectivity index (χ3v) is 3.67. The number of anilines is 1. The van der Waals surface area contributed by atoms with Gasteiger partial charge in [0, 0.05) is 11.7 Å². The lowest BCUT2D eigenvalue weighted by molar-refractivity contribution is -0.137. The molecule has 1 fully saturated rings. The van der Waals surface area contributed by atoms with E-state index in [0.29, 0.717) is 11.3 Å². The Kier molecular flexibility index (Phi) is 4.27. The van der Waals surface area contributed by atoms with Crippen LogP contribution in [0.4, 0.5) is 14.9 Å². The molecule has 5 nitrogen and oxygen atoms in total. The van der Waals surface area contributed by atoms with E-state index in [-0.39, 0.29) is 17.1 Å². The number of carbonyl (C=O) groups is 2. The molecular weight excluding hydrogens is 331 g/mol. The van der Waals surface area contributed by atoms with E-state index >= 15 is 0 Å². The van der Waals surface area contributed by atoms with E-state index in [4.69, 9.17) is 5.11 Å². The maximum Gasteiger partial charge on any atom is 0.323 e. The highest BCUT2D eigenvalue weighted by Crippen LogP contribution is 2.29. The van der Waals surface area contributed by atoms with Crippen LogP contribution in [-0.2, 0) is 4.79 Å². The summed E-state index contributed by atoms with van der Waals surface area (Å²) in [6, 6.07) is 2.28. The monoisotopic (exact) mass is 344 g/mol. The van der Waals surface area contributed by atoms with Gasteiger partial charge in [-0.05, 0) is 53.4 Å². The number of hydrogen-bond acceptors (Lipinski definition) is 2. The molecule has 2 rings (SSSR count). The number of amides is 2. The van der Waals surface area contributed by atoms with Gasteiger partial charge >= 0.3 is 12.0 Å². The highest BCUT2D eigenvalue weighted by molar-refractivity contribution is 9.10. The number of halogens is 2. The van der Waals surface area contributed by atoms with Gasteiger partial charge in [0.15, 0.2) is 0 Å². The Morgan fingerprint density at radius 1 is 1.50 bits per heavy atom. The van der Waals surface area contributed by atoms with E-state index in [1.807, 2.05) is 0 Å². The SMILES string of the molecule is Cc1cc(F)c(Br)cc1NC(=O)N(CC(=O)O)C1CC1. The number of aliphatic carboxylic acids is 1. The van der Waals surface area contributed by atoms with Gasteiger partial charge in [-0.15, -0.1) is 0 Å². The first-order valence-corrected chi connectivity index (χ1v) is 6.93. The molecule has 2 N–H and O–H groups in total. The van der Waals surface area contributed by atoms with Crippen molar-refractivity contribution in [2.45, 2.75) is 25.8 Å². The molecule has 0 radical (unpaired) electrons. The molecule has 0 bridgehead atoms. The Balaban J connectivity index is 2.13. The zero-order chi connectivity index (χ0) is 14.9. The van der Waals surface area contributed by atoms with Gasteiger partial charge in [0.1, 0.15) is 12.4 Å². The van der Waals surface area contributed by atoms with Gasteiger partial charge in [-0.3, -0.25) is 4.79 Å². The van der Waals surface area contributed by atoms with Gasteiger partial charge < -0.3 is 15.3 Å². The average molecular weight is 345 g/mol. The summed E-state index contributed by atoms with van der Waals surface area (Å²) in [6.07, 6.45) is 1.62. The quantitative estimate of drug-likeness (QED) is 0.882. The highest BCUT2D eigenvalue weighted by atomic mass is 79.9. The van der Waals surface area contributed by atoms with Crippen LogP contribution in [0.1, 0.15) is 18.4 Å². The van der Waals surface area contributed by atoms with Crippen molar-refractivity contribution in [3.8, 4) is 0 Å². The summed E-state index contributed by atoms with van der Waals surface area (Å²) in [6.45, 7) is 1.34. The molecule has 0 unspecified atom stereocenters. The smallest absolute Gasteiger partial charge is 0.323 e. The number of carboxylic acids is 1. The summed E-state index contributed by atoms with van der Waals surface area (Å²) in [5.41, 5.74) is 1.03. The zero-order valence-electron chi connectivity index (χ0n) is 10.8. The maximum absolute atomic E-state index is 13.3. The molecular formula is C13H14BrFN2O3. The van der Waals surface area contributed by atoms with Crippen molar-refractivity contribution in [1.29, 1.82) is 0 Å². The van der Waals surface area contributed by atoms with Crippen LogP contribution in [0.15, 0.2) is 16.6 Å². The Labute approximate surface area is 123 Å². The van der Waals surface area contributed by atoms with Gasteiger partial charge in [-0.1, -0.05) is 0 Å². The number of carboxylic acid groups (broad SMARTS) is 1. The molecule has 7 heteroatoms. The highest BCUT2D eigenvalue weighted by Gasteiger charge is 2.34. The van der Waals surface area contributed by atoms with Crippen molar-refractivity contribution in [2.24, 2.45) is 0 Å². The lowest BCUT2D eigenvalue weighted by Gasteiger charge is -2.21. The lowest BCUT2D eigenvalue weighted by atomic mass is 10.2. The van der Waals surface area contributed by atoms with E-state index in [1.165, 1.54) is 17.0 Å². The van der Waals surface area contributed by atoms with Crippen LogP contribution in [0.2, 0.25) is 0 Å². The Morgan fingerprint density at radius 2 is 2.15 bits per heavy atom. The minimum absolute atomic E-state index is 0.0182. The minimum atomic E-state index is -1.05. The van der Waals surface area contributed by atoms with Crippen molar-refractivity contribution in [3.63, 3.8) is 0 Å². The maximum atomic E-state index is 13.3. The van der Waals surface area contributed by atoms with Gasteiger partial charge in [0.2, 0.25) is 0 Å². The molecule has 0 aromatic heterocycles. The van der Waals surface area contributed by atoms with Gasteiger partial charge in [-0.25, -0.2) is 9.18 Å². The van der Waals surface area contributed by atoms with Gasteiger partial charge in [0.05, 0.1) is 4.47 Å². The molecule has 108 valence electrons. The number of aryl methyl sites for hydroxylation is 1. The van der Waals surface area contributed by atoms with Crippen molar-refractivity contribution in [1.82, 2.24) is 4.90 Å². The number of carbonyl (C=O) groups excluding carboxylic acids is 1. The van der Waals surface area contributed by atoms with E-state index in [2.05, 4.69) is 21.2 Å². The Hall–Kier alpha value is -1.63. The van der Waals surface area contributed by atoms with E-state index in [0.717, 1.165) is 12.8 Å². The first-order valence-electron chi connectivity index (χ1n) is 6.13. The minimum Gasteiger partial charge on any atom is -0.480 e. The Bertz CT molecular complexity index is 561. The second-order valence-corrected chi connectivity index (χ2v) is 5.62. The third kappa shape index (κ3) is 3.47. The summed E-state index contributed by atoms with van der Waals surface area (Å²) < 4.78 is 13.6. The molecule has 0 spiro atoms. The molecule has 1 aromatic carbocycles. The van der Waals surface area contributed by atoms with Crippen molar-refractivity contribution >= 4 is 33.6 Å². The van der Waals surface area contributed by atoms with Gasteiger partial charge in [-0.2, -0.15) is 0 Å². The van der Waals surface area contributed by atoms with Crippen LogP contribution < -0.4 is 5.32 Å². The summed E-state index contributed by atoms with van der Waals surface area (Å²) in [5, 5.41) is 11.5. The molecule has 1 saturated carbocycles. The molecule has 1 aliphatic carbocycles. The van der Waals surface area contributed by atoms with E-state index in [9.17, 15) is 14.0 Å². The zero-order valence-corrected chi connectivity index (χ0v) is 12.4. The molecule has 0 aliphatic heterocycles. The predicted octanol–water partition coefficient (Wildman–Crippen LogP) is 2.98. The largest absolute Gasteiger partial charge is 0.480 e. The van der Waals surface area contributed by atoms with Gasteiger partial charge in [0.25, 0.3) is 0 Å². The summed E-state index contributed by atoms with van der Waals surface area (Å²) >= 11 is 3.05. The molecule has 1 aromatic rings. The third-order valence-electron chi connectivity index (χ3n) is 3.06. The van der Waals surface area contributed by atoms with Crippen LogP contribution in [-0.4, -0.2) is 34.6 Å². The van der Waals surface area contributed by atoms with E-state index < -0.39 is 17.8 Å². The molecule has 20 heavy (non-hydrogen) atoms. The number of nitrogens with zero attached hydrogens (tertiary/aromatic N) is 1. The first kappa shape index (κ1) is 14.8. The molecule has 0 saturated heterocycles. The topological polar surface area (TPSA) is 69.6 Å². The second kappa shape index (κ2) is 5.78. The van der Waals surface area contributed by atoms with Crippen molar-refractivity contribution in [2.75, 3.05) is 11.9 Å². The van der Waals surface area contributed by atoms with Crippen LogP contribution in [0, 0.1) is 12.7 Å². The number of benzene rings is 1. The van der Waals surface area contributed by atoms with Crippen LogP contribution in [0.3, 0.4) is 0 Å². The lowest BCUT2D eigenvalue weighted by Crippen LogP contribution is -2.40. The molecule has 0 heterocycles. The number of hydrogen-bond donors (Lipinski definition) is 2. The predicted molar refractivity (Wildman–Crippen MR) is 75.2 cm³/mol. The fourth-order valence-corrected chi connectivity index (χ4v) is 2.21. The first-order chi connectivity index (χ1) is 9.38. The number of urea groups is 1. The molecule has 0 atom stereocenters. The normalized spacial score (nSPS) is 13.9. The molecule has 2 amide bonds. The fraction of sp³-hybridized carbons (Fsp3) is 0.385. The molecule has 1 aliphatic rings.